The molecule has 0 aliphatic carbocycles. The van der Waals surface area contributed by atoms with Crippen LogP contribution in [0.15, 0.2) is 22.6 Å². The van der Waals surface area contributed by atoms with Crippen LogP contribution in [0.2, 0.25) is 0 Å². The molecule has 0 radical (unpaired) electrons. The maximum absolute atomic E-state index is 11.4. The van der Waals surface area contributed by atoms with Gasteiger partial charge in [0.25, 0.3) is 0 Å². The number of carbonyl (C=O) groups is 2. The molecule has 0 fully saturated rings. The molecule has 0 saturated carbocycles. The van der Waals surface area contributed by atoms with Crippen molar-refractivity contribution in [2.75, 3.05) is 17.2 Å². The number of amides is 2. The molecule has 2 amide bonds. The lowest BCUT2D eigenvalue weighted by atomic mass is 10.1. The summed E-state index contributed by atoms with van der Waals surface area (Å²) in [7, 11) is 0. The Morgan fingerprint density at radius 3 is 2.81 bits per heavy atom. The molecule has 1 heterocycles. The van der Waals surface area contributed by atoms with Crippen LogP contribution in [0.1, 0.15) is 12.5 Å². The van der Waals surface area contributed by atoms with E-state index < -0.39 is 12.2 Å². The number of fused-ring (bicyclic) bond motifs is 1. The van der Waals surface area contributed by atoms with Gasteiger partial charge in [0.2, 0.25) is 5.88 Å². The van der Waals surface area contributed by atoms with Crippen LogP contribution in [-0.4, -0.2) is 23.9 Å². The lowest BCUT2D eigenvalue weighted by Gasteiger charge is -2.04. The van der Waals surface area contributed by atoms with E-state index in [2.05, 4.69) is 10.6 Å². The summed E-state index contributed by atoms with van der Waals surface area (Å²) in [6.07, 6.45) is -2.08. The first-order valence-electron chi connectivity index (χ1n) is 5.95. The molecule has 108 valence electrons. The zero-order valence-electron chi connectivity index (χ0n) is 11.0. The molecule has 0 atom stereocenters. The van der Waals surface area contributed by atoms with Gasteiger partial charge in [0.05, 0.1) is 18.2 Å². The van der Waals surface area contributed by atoms with Gasteiger partial charge in [-0.15, -0.1) is 0 Å². The molecule has 2 rings (SSSR count). The van der Waals surface area contributed by atoms with Crippen LogP contribution in [-0.2, 0) is 4.74 Å². The van der Waals surface area contributed by atoms with Crippen molar-refractivity contribution in [2.45, 2.75) is 6.92 Å². The van der Waals surface area contributed by atoms with Gasteiger partial charge in [-0.25, -0.2) is 9.59 Å². The second-order valence-electron chi connectivity index (χ2n) is 3.90. The van der Waals surface area contributed by atoms with Gasteiger partial charge in [-0.3, -0.25) is 10.6 Å². The molecular weight excluding hydrogens is 278 g/mol. The van der Waals surface area contributed by atoms with E-state index in [1.807, 2.05) is 6.07 Å². The van der Waals surface area contributed by atoms with Crippen LogP contribution in [0.4, 0.5) is 21.2 Å². The highest BCUT2D eigenvalue weighted by Gasteiger charge is 2.19. The lowest BCUT2D eigenvalue weighted by molar-refractivity contribution is 0.167. The molecule has 1 aromatic carbocycles. The Balaban J connectivity index is 2.49. The zero-order chi connectivity index (χ0) is 15.4. The fraction of sp³-hybridized carbons (Fsp3) is 0.154. The van der Waals surface area contributed by atoms with Crippen molar-refractivity contribution in [2.24, 2.45) is 0 Å². The number of rotatable bonds is 3. The Hall–Kier alpha value is -3.21. The van der Waals surface area contributed by atoms with Crippen molar-refractivity contribution in [1.82, 2.24) is 0 Å². The summed E-state index contributed by atoms with van der Waals surface area (Å²) in [6, 6.07) is 6.42. The third kappa shape index (κ3) is 3.03. The highest BCUT2D eigenvalue weighted by atomic mass is 16.5. The van der Waals surface area contributed by atoms with Crippen LogP contribution < -0.4 is 10.6 Å². The zero-order valence-corrected chi connectivity index (χ0v) is 11.0. The summed E-state index contributed by atoms with van der Waals surface area (Å²) in [5.74, 6) is -0.0964. The normalized spacial score (nSPS) is 9.90. The first kappa shape index (κ1) is 14.2. The molecule has 0 aliphatic heterocycles. The third-order valence-corrected chi connectivity index (χ3v) is 2.54. The van der Waals surface area contributed by atoms with E-state index in [1.54, 1.807) is 6.92 Å². The first-order valence-corrected chi connectivity index (χ1v) is 5.95. The number of nitrogens with zero attached hydrogens (tertiary/aromatic N) is 1. The van der Waals surface area contributed by atoms with Crippen LogP contribution in [0.5, 0.6) is 0 Å². The van der Waals surface area contributed by atoms with Gasteiger partial charge in [-0.1, -0.05) is 0 Å². The fourth-order valence-corrected chi connectivity index (χ4v) is 1.75. The van der Waals surface area contributed by atoms with Crippen LogP contribution >= 0.6 is 0 Å². The van der Waals surface area contributed by atoms with Crippen molar-refractivity contribution in [3.05, 3.63) is 23.8 Å². The third-order valence-electron chi connectivity index (χ3n) is 2.54. The number of benzene rings is 1. The molecule has 0 unspecified atom stereocenters. The van der Waals surface area contributed by atoms with Gasteiger partial charge in [-0.2, -0.15) is 5.26 Å². The number of hydrogen-bond acceptors (Lipinski definition) is 5. The topological polar surface area (TPSA) is 125 Å². The molecule has 0 spiro atoms. The number of anilines is 2. The van der Waals surface area contributed by atoms with Gasteiger partial charge in [-0.05, 0) is 25.1 Å². The van der Waals surface area contributed by atoms with E-state index in [-0.39, 0.29) is 23.8 Å². The number of nitriles is 1. The van der Waals surface area contributed by atoms with Gasteiger partial charge in [0.1, 0.15) is 11.3 Å². The summed E-state index contributed by atoms with van der Waals surface area (Å²) in [5.41, 5.74) is 0.695. The molecule has 0 bridgehead atoms. The highest BCUT2D eigenvalue weighted by molar-refractivity contribution is 6.06. The standard InChI is InChI=1S/C13H11N3O5/c1-2-20-13(19)16-11-10(15-12(17)18)8-4-3-7(6-14)5-9(8)21-11/h3-5,15H,2H2,1H3,(H,16,19)(H,17,18). The second kappa shape index (κ2) is 5.83. The van der Waals surface area contributed by atoms with Crippen LogP contribution in [0.25, 0.3) is 11.0 Å². The van der Waals surface area contributed by atoms with Crippen LogP contribution in [0, 0.1) is 11.3 Å². The lowest BCUT2D eigenvalue weighted by Crippen LogP contribution is -2.15. The monoisotopic (exact) mass is 289 g/mol. The Morgan fingerprint density at radius 1 is 1.43 bits per heavy atom. The number of ether oxygens (including phenoxy) is 1. The molecule has 0 saturated heterocycles. The van der Waals surface area contributed by atoms with Crippen molar-refractivity contribution in [1.29, 1.82) is 5.26 Å². The minimum absolute atomic E-state index is 0.0787. The van der Waals surface area contributed by atoms with Gasteiger partial charge in [0.15, 0.2) is 0 Å². The van der Waals surface area contributed by atoms with Crippen molar-refractivity contribution >= 4 is 34.7 Å². The minimum atomic E-state index is -1.31. The number of hydrogen-bond donors (Lipinski definition) is 3. The molecule has 0 aliphatic rings. The Labute approximate surface area is 118 Å². The summed E-state index contributed by atoms with van der Waals surface area (Å²) >= 11 is 0. The van der Waals surface area contributed by atoms with Crippen LogP contribution in [0.3, 0.4) is 0 Å². The molecule has 8 nitrogen and oxygen atoms in total. The van der Waals surface area contributed by atoms with Gasteiger partial charge < -0.3 is 14.3 Å². The quantitative estimate of drug-likeness (QED) is 0.797. The Kier molecular flexibility index (Phi) is 3.95. The minimum Gasteiger partial charge on any atom is -0.465 e. The molecule has 21 heavy (non-hydrogen) atoms. The summed E-state index contributed by atoms with van der Waals surface area (Å²) in [6.45, 7) is 1.79. The van der Waals surface area contributed by atoms with E-state index in [0.717, 1.165) is 0 Å². The molecular formula is C13H11N3O5. The number of carboxylic acid groups (broad SMARTS) is 1. The number of furan rings is 1. The Morgan fingerprint density at radius 2 is 2.19 bits per heavy atom. The maximum Gasteiger partial charge on any atom is 0.414 e. The predicted octanol–water partition coefficient (Wildman–Crippen LogP) is 2.96. The summed E-state index contributed by atoms with van der Waals surface area (Å²) in [5, 5.41) is 22.6. The average molecular weight is 289 g/mol. The van der Waals surface area contributed by atoms with E-state index in [0.29, 0.717) is 10.9 Å². The van der Waals surface area contributed by atoms with Gasteiger partial charge >= 0.3 is 12.2 Å². The highest BCUT2D eigenvalue weighted by Crippen LogP contribution is 2.35. The SMILES string of the molecule is CCOC(=O)Nc1oc2cc(C#N)ccc2c1NC(=O)O. The van der Waals surface area contributed by atoms with E-state index in [9.17, 15) is 9.59 Å². The van der Waals surface area contributed by atoms with Crippen molar-refractivity contribution in [3.8, 4) is 6.07 Å². The van der Waals surface area contributed by atoms with Gasteiger partial charge in [0, 0.05) is 5.39 Å². The fourth-order valence-electron chi connectivity index (χ4n) is 1.75. The Bertz CT molecular complexity index is 744. The average Bonchev–Trinajstić information content (AvgIpc) is 2.75. The molecule has 8 heteroatoms. The van der Waals surface area contributed by atoms with E-state index in [1.165, 1.54) is 18.2 Å². The first-order chi connectivity index (χ1) is 10.0. The predicted molar refractivity (Wildman–Crippen MR) is 73.2 cm³/mol. The number of nitrogens with one attached hydrogen (secondary N) is 2. The summed E-state index contributed by atoms with van der Waals surface area (Å²) < 4.78 is 10.1. The summed E-state index contributed by atoms with van der Waals surface area (Å²) in [4.78, 5) is 22.3. The number of carbonyl (C=O) groups excluding carboxylic acids is 1. The maximum atomic E-state index is 11.4. The van der Waals surface area contributed by atoms with E-state index >= 15 is 0 Å². The smallest absolute Gasteiger partial charge is 0.414 e. The molecule has 1 aromatic heterocycles. The van der Waals surface area contributed by atoms with Crippen molar-refractivity contribution < 1.29 is 23.8 Å². The largest absolute Gasteiger partial charge is 0.465 e. The second-order valence-corrected chi connectivity index (χ2v) is 3.90. The molecule has 2 aromatic rings. The van der Waals surface area contributed by atoms with E-state index in [4.69, 9.17) is 19.5 Å². The molecule has 3 N–H and O–H groups in total. The van der Waals surface area contributed by atoms with Crippen molar-refractivity contribution in [3.63, 3.8) is 0 Å².